The van der Waals surface area contributed by atoms with Crippen molar-refractivity contribution in [2.24, 2.45) is 17.3 Å². The van der Waals surface area contributed by atoms with Crippen molar-refractivity contribution in [1.82, 2.24) is 0 Å². The Hall–Kier alpha value is -2.70. The van der Waals surface area contributed by atoms with E-state index < -0.39 is 29.0 Å². The topological polar surface area (TPSA) is 82.1 Å². The third-order valence-corrected chi connectivity index (χ3v) is 7.16. The molecule has 2 aliphatic heterocycles. The second-order valence-electron chi connectivity index (χ2n) is 9.95. The van der Waals surface area contributed by atoms with Crippen LogP contribution in [0.25, 0.3) is 0 Å². The average molecular weight is 485 g/mol. The summed E-state index contributed by atoms with van der Waals surface area (Å²) < 4.78 is 16.3. The number of methoxy groups -OCH3 is 1. The van der Waals surface area contributed by atoms with Crippen molar-refractivity contribution >= 4 is 11.9 Å². The van der Waals surface area contributed by atoms with E-state index in [0.717, 1.165) is 11.1 Å². The van der Waals surface area contributed by atoms with Crippen LogP contribution in [0.5, 0.6) is 0 Å². The van der Waals surface area contributed by atoms with E-state index in [-0.39, 0.29) is 24.1 Å². The average Bonchev–Trinajstić information content (AvgIpc) is 3.02. The zero-order valence-electron chi connectivity index (χ0n) is 22.1. The summed E-state index contributed by atoms with van der Waals surface area (Å²) in [5, 5.41) is 10.3. The van der Waals surface area contributed by atoms with Gasteiger partial charge in [0.1, 0.15) is 11.7 Å². The van der Waals surface area contributed by atoms with Gasteiger partial charge in [-0.05, 0) is 51.8 Å². The molecular weight excluding hydrogens is 444 g/mol. The molecule has 0 amide bonds. The molecule has 0 spiro atoms. The van der Waals surface area contributed by atoms with Gasteiger partial charge in [-0.25, -0.2) is 0 Å². The highest BCUT2D eigenvalue weighted by atomic mass is 16.6. The zero-order valence-corrected chi connectivity index (χ0v) is 22.1. The van der Waals surface area contributed by atoms with Crippen molar-refractivity contribution < 1.29 is 28.9 Å². The summed E-state index contributed by atoms with van der Waals surface area (Å²) >= 11 is 0. The third kappa shape index (κ3) is 6.71. The van der Waals surface area contributed by atoms with E-state index in [0.29, 0.717) is 0 Å². The summed E-state index contributed by atoms with van der Waals surface area (Å²) in [6.45, 7) is 13.1. The van der Waals surface area contributed by atoms with Crippen LogP contribution in [0.4, 0.5) is 0 Å². The Labute approximate surface area is 209 Å². The Morgan fingerprint density at radius 2 is 1.69 bits per heavy atom. The van der Waals surface area contributed by atoms with Crippen LogP contribution < -0.4 is 0 Å². The van der Waals surface area contributed by atoms with E-state index >= 15 is 0 Å². The molecule has 2 rings (SSSR count). The molecule has 0 saturated carbocycles. The van der Waals surface area contributed by atoms with Crippen LogP contribution in [0.3, 0.4) is 0 Å². The first-order chi connectivity index (χ1) is 16.3. The predicted octanol–water partition coefficient (Wildman–Crippen LogP) is 5.02. The number of carbonyl (C=O) groups is 2. The highest BCUT2D eigenvalue weighted by molar-refractivity contribution is 5.79. The van der Waals surface area contributed by atoms with Crippen LogP contribution in [-0.4, -0.2) is 48.1 Å². The fourth-order valence-corrected chi connectivity index (χ4v) is 4.49. The molecule has 1 saturated heterocycles. The molecule has 0 bridgehead atoms. The van der Waals surface area contributed by atoms with Crippen molar-refractivity contribution in [3.63, 3.8) is 0 Å². The van der Waals surface area contributed by atoms with Crippen molar-refractivity contribution in [2.45, 2.75) is 72.4 Å². The van der Waals surface area contributed by atoms with Crippen LogP contribution in [0.2, 0.25) is 0 Å². The van der Waals surface area contributed by atoms with Crippen LogP contribution >= 0.6 is 0 Å². The molecule has 2 aliphatic rings. The number of allylic oxidation sites excluding steroid dienone is 8. The molecule has 6 nitrogen and oxygen atoms in total. The van der Waals surface area contributed by atoms with E-state index in [2.05, 4.69) is 0 Å². The third-order valence-electron chi connectivity index (χ3n) is 7.16. The number of esters is 2. The van der Waals surface area contributed by atoms with Gasteiger partial charge in [0, 0.05) is 5.41 Å². The lowest BCUT2D eigenvalue weighted by molar-refractivity contribution is -0.155. The summed E-state index contributed by atoms with van der Waals surface area (Å²) in [7, 11) is 1.33. The Bertz CT molecular complexity index is 964. The van der Waals surface area contributed by atoms with Crippen LogP contribution in [-0.2, 0) is 23.8 Å². The number of cyclic esters (lactones) is 1. The molecule has 1 N–H and O–H groups in total. The number of aliphatic hydroxyl groups is 1. The predicted molar refractivity (Wildman–Crippen MR) is 137 cm³/mol. The first-order valence-electron chi connectivity index (χ1n) is 12.1. The van der Waals surface area contributed by atoms with Crippen molar-refractivity contribution in [1.29, 1.82) is 0 Å². The van der Waals surface area contributed by atoms with Gasteiger partial charge in [-0.1, -0.05) is 68.5 Å². The van der Waals surface area contributed by atoms with Gasteiger partial charge in [-0.3, -0.25) is 9.59 Å². The molecule has 0 aromatic heterocycles. The maximum atomic E-state index is 12.2. The molecule has 6 heteroatoms. The summed E-state index contributed by atoms with van der Waals surface area (Å²) in [6, 6.07) is 0. The van der Waals surface area contributed by atoms with Gasteiger partial charge >= 0.3 is 11.9 Å². The summed E-state index contributed by atoms with van der Waals surface area (Å²) in [5.74, 6) is -1.62. The fraction of sp³-hybridized carbons (Fsp3) is 0.517. The maximum Gasteiger partial charge on any atom is 0.312 e. The van der Waals surface area contributed by atoms with Gasteiger partial charge in [-0.2, -0.15) is 0 Å². The molecule has 192 valence electrons. The van der Waals surface area contributed by atoms with Gasteiger partial charge in [0.05, 0.1) is 31.2 Å². The molecule has 0 aromatic rings. The smallest absolute Gasteiger partial charge is 0.312 e. The minimum atomic E-state index is -0.948. The van der Waals surface area contributed by atoms with Gasteiger partial charge < -0.3 is 19.3 Å². The lowest BCUT2D eigenvalue weighted by atomic mass is 9.72. The molecule has 1 fully saturated rings. The molecule has 0 radical (unpaired) electrons. The minimum absolute atomic E-state index is 0.134. The fourth-order valence-electron chi connectivity index (χ4n) is 4.49. The summed E-state index contributed by atoms with van der Waals surface area (Å²) in [5.41, 5.74) is 0.507. The second kappa shape index (κ2) is 11.8. The Kier molecular flexibility index (Phi) is 9.64. The first kappa shape index (κ1) is 28.5. The van der Waals surface area contributed by atoms with Gasteiger partial charge in [0.25, 0.3) is 0 Å². The van der Waals surface area contributed by atoms with Gasteiger partial charge in [0.15, 0.2) is 0 Å². The van der Waals surface area contributed by atoms with E-state index in [1.165, 1.54) is 7.11 Å². The Morgan fingerprint density at radius 1 is 1.11 bits per heavy atom. The molecule has 0 aliphatic carbocycles. The van der Waals surface area contributed by atoms with Crippen LogP contribution in [0, 0.1) is 17.3 Å². The number of ether oxygens (including phenoxy) is 3. The van der Waals surface area contributed by atoms with Gasteiger partial charge in [0.2, 0.25) is 0 Å². The summed E-state index contributed by atoms with van der Waals surface area (Å²) in [4.78, 5) is 24.2. The van der Waals surface area contributed by atoms with E-state index in [1.807, 2.05) is 95.4 Å². The summed E-state index contributed by atoms with van der Waals surface area (Å²) in [6.07, 6.45) is 18.2. The van der Waals surface area contributed by atoms with Gasteiger partial charge in [-0.15, -0.1) is 0 Å². The lowest BCUT2D eigenvalue weighted by Gasteiger charge is -2.37. The highest BCUT2D eigenvalue weighted by Crippen LogP contribution is 2.45. The molecular formula is C29H40O6. The standard InChI is InChI=1S/C29H40O6/c1-19(24-20(2)18-29(7,32)23(5)34-24)16-14-12-10-9-11-13-15-17-28(6)22(4)27(31)35-25(28)21(3)26(30)33-8/h9-18,21-25,32H,1-8H3/b10-9+,13-11+,14-12+,17-15+,19-16+/t21-,22+,23-,24+,25+,28+,29-/m0/s1. The molecule has 7 atom stereocenters. The molecule has 0 aromatic carbocycles. The largest absolute Gasteiger partial charge is 0.469 e. The maximum absolute atomic E-state index is 12.2. The Balaban J connectivity index is 1.97. The Morgan fingerprint density at radius 3 is 2.29 bits per heavy atom. The number of rotatable bonds is 8. The minimum Gasteiger partial charge on any atom is -0.469 e. The number of carbonyl (C=O) groups excluding carboxylic acids is 2. The zero-order chi connectivity index (χ0) is 26.4. The second-order valence-corrected chi connectivity index (χ2v) is 9.95. The molecule has 2 heterocycles. The number of hydrogen-bond acceptors (Lipinski definition) is 6. The SMILES string of the molecule is COC(=O)[C@@H](C)[C@H]1OC(=O)[C@@H](C)[C@@]1(C)/C=C/C=C/C=C/C=C/C=C(\C)[C@H]1O[C@@H](C)[C@@](C)(O)C=C1C. The molecule has 35 heavy (non-hydrogen) atoms. The molecule has 0 unspecified atom stereocenters. The van der Waals surface area contributed by atoms with E-state index in [9.17, 15) is 14.7 Å². The highest BCUT2D eigenvalue weighted by Gasteiger charge is 2.53. The normalized spacial score (nSPS) is 35.3. The number of hydrogen-bond donors (Lipinski definition) is 1. The van der Waals surface area contributed by atoms with Crippen molar-refractivity contribution in [3.05, 3.63) is 71.9 Å². The van der Waals surface area contributed by atoms with E-state index in [4.69, 9.17) is 14.2 Å². The first-order valence-corrected chi connectivity index (χ1v) is 12.1. The van der Waals surface area contributed by atoms with Crippen LogP contribution in [0.15, 0.2) is 71.9 Å². The quantitative estimate of drug-likeness (QED) is 0.296. The van der Waals surface area contributed by atoms with Crippen molar-refractivity contribution in [3.8, 4) is 0 Å². The van der Waals surface area contributed by atoms with Crippen LogP contribution in [0.1, 0.15) is 48.5 Å². The van der Waals surface area contributed by atoms with Crippen molar-refractivity contribution in [2.75, 3.05) is 7.11 Å². The van der Waals surface area contributed by atoms with E-state index in [1.54, 1.807) is 13.8 Å². The lowest BCUT2D eigenvalue weighted by Crippen LogP contribution is -2.44. The monoisotopic (exact) mass is 484 g/mol.